The largest absolute Gasteiger partial charge is 0.496 e. The molecular formula is C19H23NO3. The van der Waals surface area contributed by atoms with Gasteiger partial charge in [0.1, 0.15) is 5.75 Å². The van der Waals surface area contributed by atoms with Crippen LogP contribution in [0.15, 0.2) is 42.5 Å². The van der Waals surface area contributed by atoms with E-state index in [0.717, 1.165) is 22.4 Å². The smallest absolute Gasteiger partial charge is 0.251 e. The number of aryl methyl sites for hydroxylation is 1. The third-order valence-corrected chi connectivity index (χ3v) is 3.70. The van der Waals surface area contributed by atoms with Gasteiger partial charge in [0.05, 0.1) is 19.8 Å². The molecule has 2 aromatic carbocycles. The molecule has 0 bridgehead atoms. The van der Waals surface area contributed by atoms with Crippen LogP contribution in [0, 0.1) is 6.92 Å². The molecule has 23 heavy (non-hydrogen) atoms. The fourth-order valence-electron chi connectivity index (χ4n) is 2.52. The van der Waals surface area contributed by atoms with E-state index in [1.165, 1.54) is 0 Å². The molecule has 122 valence electrons. The van der Waals surface area contributed by atoms with Gasteiger partial charge in [0.25, 0.3) is 5.91 Å². The fourth-order valence-corrected chi connectivity index (χ4v) is 2.52. The first-order valence-corrected chi connectivity index (χ1v) is 7.58. The van der Waals surface area contributed by atoms with Crippen LogP contribution >= 0.6 is 0 Å². The minimum Gasteiger partial charge on any atom is -0.496 e. The summed E-state index contributed by atoms with van der Waals surface area (Å²) in [5.41, 5.74) is 3.69. The molecule has 0 aromatic heterocycles. The number of ether oxygens (including phenoxy) is 2. The van der Waals surface area contributed by atoms with Crippen molar-refractivity contribution in [3.8, 4) is 5.75 Å². The van der Waals surface area contributed by atoms with Crippen molar-refractivity contribution in [2.75, 3.05) is 14.2 Å². The van der Waals surface area contributed by atoms with Crippen LogP contribution in [0.3, 0.4) is 0 Å². The van der Waals surface area contributed by atoms with E-state index in [9.17, 15) is 4.79 Å². The van der Waals surface area contributed by atoms with Crippen molar-refractivity contribution in [1.82, 2.24) is 5.32 Å². The SMILES string of the molecule is COCc1cccc(C(=O)NC(C)c2cc(C)ccc2OC)c1. The molecule has 0 saturated heterocycles. The standard InChI is InChI=1S/C19H23NO3/c1-13-8-9-18(23-4)17(10-13)14(2)20-19(21)16-7-5-6-15(11-16)12-22-3/h5-11,14H,12H2,1-4H3,(H,20,21). The van der Waals surface area contributed by atoms with E-state index in [2.05, 4.69) is 5.32 Å². The third-order valence-electron chi connectivity index (χ3n) is 3.70. The lowest BCUT2D eigenvalue weighted by Crippen LogP contribution is -2.27. The van der Waals surface area contributed by atoms with Crippen molar-refractivity contribution in [2.45, 2.75) is 26.5 Å². The van der Waals surface area contributed by atoms with Crippen LogP contribution in [-0.4, -0.2) is 20.1 Å². The van der Waals surface area contributed by atoms with E-state index in [-0.39, 0.29) is 11.9 Å². The zero-order valence-electron chi connectivity index (χ0n) is 14.1. The molecule has 0 aliphatic carbocycles. The third kappa shape index (κ3) is 4.33. The molecule has 0 saturated carbocycles. The molecule has 2 aromatic rings. The molecule has 1 N–H and O–H groups in total. The number of methoxy groups -OCH3 is 2. The average molecular weight is 313 g/mol. The van der Waals surface area contributed by atoms with Gasteiger partial charge in [-0.2, -0.15) is 0 Å². The maximum absolute atomic E-state index is 12.5. The maximum atomic E-state index is 12.5. The van der Waals surface area contributed by atoms with E-state index in [4.69, 9.17) is 9.47 Å². The highest BCUT2D eigenvalue weighted by atomic mass is 16.5. The number of amides is 1. The summed E-state index contributed by atoms with van der Waals surface area (Å²) >= 11 is 0. The number of hydrogen-bond acceptors (Lipinski definition) is 3. The molecule has 2 rings (SSSR count). The van der Waals surface area contributed by atoms with Gasteiger partial charge < -0.3 is 14.8 Å². The Balaban J connectivity index is 2.16. The highest BCUT2D eigenvalue weighted by Gasteiger charge is 2.15. The molecule has 0 fully saturated rings. The van der Waals surface area contributed by atoms with Crippen molar-refractivity contribution >= 4 is 5.91 Å². The Bertz CT molecular complexity index is 682. The van der Waals surface area contributed by atoms with Crippen LogP contribution in [0.1, 0.15) is 40.0 Å². The summed E-state index contributed by atoms with van der Waals surface area (Å²) < 4.78 is 10.5. The molecule has 1 unspecified atom stereocenters. The predicted octanol–water partition coefficient (Wildman–Crippen LogP) is 3.64. The first-order chi connectivity index (χ1) is 11.0. The van der Waals surface area contributed by atoms with Crippen LogP contribution in [0.2, 0.25) is 0 Å². The normalized spacial score (nSPS) is 11.8. The van der Waals surface area contributed by atoms with E-state index in [1.807, 2.05) is 50.2 Å². The topological polar surface area (TPSA) is 47.6 Å². The first-order valence-electron chi connectivity index (χ1n) is 7.58. The van der Waals surface area contributed by atoms with Crippen molar-refractivity contribution < 1.29 is 14.3 Å². The lowest BCUT2D eigenvalue weighted by atomic mass is 10.0. The molecule has 0 aliphatic rings. The fraction of sp³-hybridized carbons (Fsp3) is 0.316. The van der Waals surface area contributed by atoms with E-state index in [0.29, 0.717) is 12.2 Å². The van der Waals surface area contributed by atoms with Gasteiger partial charge in [-0.1, -0.05) is 29.8 Å². The Morgan fingerprint density at radius 3 is 2.65 bits per heavy atom. The molecular weight excluding hydrogens is 290 g/mol. The number of carbonyl (C=O) groups is 1. The maximum Gasteiger partial charge on any atom is 0.251 e. The highest BCUT2D eigenvalue weighted by Crippen LogP contribution is 2.26. The summed E-state index contributed by atoms with van der Waals surface area (Å²) in [6, 6.07) is 13.2. The molecule has 0 heterocycles. The van der Waals surface area contributed by atoms with Crippen molar-refractivity contribution in [3.63, 3.8) is 0 Å². The molecule has 0 aliphatic heterocycles. The van der Waals surface area contributed by atoms with Crippen molar-refractivity contribution in [1.29, 1.82) is 0 Å². The van der Waals surface area contributed by atoms with Crippen LogP contribution in [0.25, 0.3) is 0 Å². The molecule has 4 heteroatoms. The molecule has 0 radical (unpaired) electrons. The number of carbonyl (C=O) groups excluding carboxylic acids is 1. The zero-order chi connectivity index (χ0) is 16.8. The van der Waals surface area contributed by atoms with Gasteiger partial charge in [-0.3, -0.25) is 4.79 Å². The number of nitrogens with one attached hydrogen (secondary N) is 1. The number of hydrogen-bond donors (Lipinski definition) is 1. The summed E-state index contributed by atoms with van der Waals surface area (Å²) in [6.45, 7) is 4.46. The summed E-state index contributed by atoms with van der Waals surface area (Å²) in [5.74, 6) is 0.663. The quantitative estimate of drug-likeness (QED) is 0.885. The monoisotopic (exact) mass is 313 g/mol. The molecule has 4 nitrogen and oxygen atoms in total. The van der Waals surface area contributed by atoms with Crippen LogP contribution < -0.4 is 10.1 Å². The first kappa shape index (κ1) is 17.0. The van der Waals surface area contributed by atoms with E-state index < -0.39 is 0 Å². The van der Waals surface area contributed by atoms with Crippen molar-refractivity contribution in [3.05, 3.63) is 64.7 Å². The van der Waals surface area contributed by atoms with Gasteiger partial charge in [-0.05, 0) is 37.6 Å². The lowest BCUT2D eigenvalue weighted by Gasteiger charge is -2.18. The predicted molar refractivity (Wildman–Crippen MR) is 90.8 cm³/mol. The van der Waals surface area contributed by atoms with Gasteiger partial charge in [-0.25, -0.2) is 0 Å². The highest BCUT2D eigenvalue weighted by molar-refractivity contribution is 5.94. The number of rotatable bonds is 6. The lowest BCUT2D eigenvalue weighted by molar-refractivity contribution is 0.0939. The van der Waals surface area contributed by atoms with Crippen molar-refractivity contribution in [2.24, 2.45) is 0 Å². The van der Waals surface area contributed by atoms with Gasteiger partial charge in [0.15, 0.2) is 0 Å². The van der Waals surface area contributed by atoms with Gasteiger partial charge in [-0.15, -0.1) is 0 Å². The molecule has 1 atom stereocenters. The zero-order valence-corrected chi connectivity index (χ0v) is 14.1. The van der Waals surface area contributed by atoms with E-state index in [1.54, 1.807) is 20.3 Å². The Hall–Kier alpha value is -2.33. The summed E-state index contributed by atoms with van der Waals surface area (Å²) in [5, 5.41) is 3.02. The van der Waals surface area contributed by atoms with E-state index >= 15 is 0 Å². The minimum atomic E-state index is -0.150. The van der Waals surface area contributed by atoms with Crippen LogP contribution in [-0.2, 0) is 11.3 Å². The summed E-state index contributed by atoms with van der Waals surface area (Å²) in [7, 11) is 3.27. The Kier molecular flexibility index (Phi) is 5.77. The van der Waals surface area contributed by atoms with Gasteiger partial charge >= 0.3 is 0 Å². The summed E-state index contributed by atoms with van der Waals surface area (Å²) in [4.78, 5) is 12.5. The average Bonchev–Trinajstić information content (AvgIpc) is 2.55. The Morgan fingerprint density at radius 1 is 1.17 bits per heavy atom. The van der Waals surface area contributed by atoms with Gasteiger partial charge in [0, 0.05) is 18.2 Å². The molecule has 0 spiro atoms. The number of benzene rings is 2. The van der Waals surface area contributed by atoms with Gasteiger partial charge in [0.2, 0.25) is 0 Å². The second kappa shape index (κ2) is 7.79. The second-order valence-electron chi connectivity index (χ2n) is 5.57. The second-order valence-corrected chi connectivity index (χ2v) is 5.57. The molecule has 1 amide bonds. The Labute approximate surface area is 137 Å². The summed E-state index contributed by atoms with van der Waals surface area (Å²) in [6.07, 6.45) is 0. The Morgan fingerprint density at radius 2 is 1.96 bits per heavy atom. The minimum absolute atomic E-state index is 0.112. The van der Waals surface area contributed by atoms with Crippen LogP contribution in [0.4, 0.5) is 0 Å². The van der Waals surface area contributed by atoms with Crippen LogP contribution in [0.5, 0.6) is 5.75 Å².